The SMILES string of the molecule is CCC1CCC(N(C)C2COCCC2N)CC1. The summed E-state index contributed by atoms with van der Waals surface area (Å²) < 4.78 is 5.59. The van der Waals surface area contributed by atoms with Crippen LogP contribution in [0.4, 0.5) is 0 Å². The standard InChI is InChI=1S/C14H28N2O/c1-3-11-4-6-12(7-5-11)16(2)14-10-17-9-8-13(14)15/h11-14H,3-10,15H2,1-2H3. The van der Waals surface area contributed by atoms with Gasteiger partial charge < -0.3 is 10.5 Å². The van der Waals surface area contributed by atoms with Gasteiger partial charge in [-0.25, -0.2) is 0 Å². The van der Waals surface area contributed by atoms with Gasteiger partial charge in [0.2, 0.25) is 0 Å². The fraction of sp³-hybridized carbons (Fsp3) is 1.00. The number of rotatable bonds is 3. The van der Waals surface area contributed by atoms with Crippen LogP contribution in [0.1, 0.15) is 45.4 Å². The molecule has 0 bridgehead atoms. The molecular weight excluding hydrogens is 212 g/mol. The molecule has 2 N–H and O–H groups in total. The van der Waals surface area contributed by atoms with Crippen molar-refractivity contribution in [3.8, 4) is 0 Å². The lowest BCUT2D eigenvalue weighted by Crippen LogP contribution is -2.55. The molecule has 3 heteroatoms. The minimum atomic E-state index is 0.303. The van der Waals surface area contributed by atoms with Gasteiger partial charge in [0, 0.05) is 24.7 Å². The Morgan fingerprint density at radius 3 is 2.47 bits per heavy atom. The Morgan fingerprint density at radius 2 is 1.88 bits per heavy atom. The van der Waals surface area contributed by atoms with Crippen molar-refractivity contribution in [1.82, 2.24) is 4.90 Å². The highest BCUT2D eigenvalue weighted by Crippen LogP contribution is 2.30. The van der Waals surface area contributed by atoms with Gasteiger partial charge in [-0.2, -0.15) is 0 Å². The minimum absolute atomic E-state index is 0.303. The summed E-state index contributed by atoms with van der Waals surface area (Å²) in [5.41, 5.74) is 6.22. The van der Waals surface area contributed by atoms with Crippen LogP contribution in [-0.4, -0.2) is 43.3 Å². The van der Waals surface area contributed by atoms with Crippen molar-refractivity contribution in [3.05, 3.63) is 0 Å². The van der Waals surface area contributed by atoms with Gasteiger partial charge in [0.15, 0.2) is 0 Å². The molecule has 0 aromatic carbocycles. The lowest BCUT2D eigenvalue weighted by atomic mass is 9.83. The van der Waals surface area contributed by atoms with Crippen molar-refractivity contribution in [2.45, 2.75) is 63.6 Å². The average molecular weight is 240 g/mol. The molecule has 1 aliphatic heterocycles. The molecule has 1 saturated heterocycles. The fourth-order valence-electron chi connectivity index (χ4n) is 3.39. The second kappa shape index (κ2) is 6.17. The average Bonchev–Trinajstić information content (AvgIpc) is 2.39. The van der Waals surface area contributed by atoms with Crippen LogP contribution in [0.5, 0.6) is 0 Å². The van der Waals surface area contributed by atoms with Gasteiger partial charge in [-0.05, 0) is 45.1 Å². The lowest BCUT2D eigenvalue weighted by molar-refractivity contribution is -0.00825. The Bertz CT molecular complexity index is 226. The van der Waals surface area contributed by atoms with Gasteiger partial charge in [-0.1, -0.05) is 13.3 Å². The van der Waals surface area contributed by atoms with Crippen molar-refractivity contribution < 1.29 is 4.74 Å². The van der Waals surface area contributed by atoms with Crippen LogP contribution in [0.25, 0.3) is 0 Å². The van der Waals surface area contributed by atoms with Crippen LogP contribution < -0.4 is 5.73 Å². The molecular formula is C14H28N2O. The number of hydrogen-bond donors (Lipinski definition) is 1. The van der Waals surface area contributed by atoms with Crippen LogP contribution in [0, 0.1) is 5.92 Å². The van der Waals surface area contributed by atoms with Crippen molar-refractivity contribution in [3.63, 3.8) is 0 Å². The summed E-state index contributed by atoms with van der Waals surface area (Å²) in [6.45, 7) is 3.99. The van der Waals surface area contributed by atoms with Gasteiger partial charge in [0.25, 0.3) is 0 Å². The highest BCUT2D eigenvalue weighted by atomic mass is 16.5. The van der Waals surface area contributed by atoms with Gasteiger partial charge in [0.05, 0.1) is 6.61 Å². The fourth-order valence-corrected chi connectivity index (χ4v) is 3.39. The largest absolute Gasteiger partial charge is 0.380 e. The minimum Gasteiger partial charge on any atom is -0.380 e. The number of ether oxygens (including phenoxy) is 1. The second-order valence-electron chi connectivity index (χ2n) is 5.84. The molecule has 0 aromatic rings. The molecule has 0 aromatic heterocycles. The highest BCUT2D eigenvalue weighted by Gasteiger charge is 2.32. The monoisotopic (exact) mass is 240 g/mol. The topological polar surface area (TPSA) is 38.5 Å². The van der Waals surface area contributed by atoms with E-state index in [1.54, 1.807) is 0 Å². The van der Waals surface area contributed by atoms with Crippen LogP contribution in [-0.2, 0) is 4.74 Å². The van der Waals surface area contributed by atoms with Crippen molar-refractivity contribution in [2.75, 3.05) is 20.3 Å². The summed E-state index contributed by atoms with van der Waals surface area (Å²) in [6, 6.07) is 1.47. The summed E-state index contributed by atoms with van der Waals surface area (Å²) in [4.78, 5) is 2.51. The molecule has 2 atom stereocenters. The van der Waals surface area contributed by atoms with Gasteiger partial charge in [0.1, 0.15) is 0 Å². The van der Waals surface area contributed by atoms with E-state index in [1.807, 2.05) is 0 Å². The van der Waals surface area contributed by atoms with E-state index < -0.39 is 0 Å². The number of nitrogens with two attached hydrogens (primary N) is 1. The van der Waals surface area contributed by atoms with Crippen LogP contribution in [0.3, 0.4) is 0 Å². The maximum Gasteiger partial charge on any atom is 0.0636 e. The maximum atomic E-state index is 6.22. The zero-order chi connectivity index (χ0) is 12.3. The lowest BCUT2D eigenvalue weighted by Gasteiger charge is -2.42. The third-order valence-electron chi connectivity index (χ3n) is 4.87. The number of hydrogen-bond acceptors (Lipinski definition) is 3. The molecule has 1 aliphatic carbocycles. The Morgan fingerprint density at radius 1 is 1.18 bits per heavy atom. The first kappa shape index (κ1) is 13.3. The van der Waals surface area contributed by atoms with Crippen molar-refractivity contribution >= 4 is 0 Å². The predicted molar refractivity (Wildman–Crippen MR) is 71.0 cm³/mol. The van der Waals surface area contributed by atoms with E-state index in [2.05, 4.69) is 18.9 Å². The van der Waals surface area contributed by atoms with Crippen molar-refractivity contribution in [2.24, 2.45) is 11.7 Å². The summed E-state index contributed by atoms with van der Waals surface area (Å²) in [5.74, 6) is 0.968. The third kappa shape index (κ3) is 3.21. The highest BCUT2D eigenvalue weighted by molar-refractivity contribution is 4.88. The molecule has 0 radical (unpaired) electrons. The van der Waals surface area contributed by atoms with E-state index in [-0.39, 0.29) is 0 Å². The molecule has 1 heterocycles. The Hall–Kier alpha value is -0.120. The number of nitrogens with zero attached hydrogens (tertiary/aromatic N) is 1. The quantitative estimate of drug-likeness (QED) is 0.820. The first-order valence-electron chi connectivity index (χ1n) is 7.27. The smallest absolute Gasteiger partial charge is 0.0636 e. The Balaban J connectivity index is 1.85. The molecule has 100 valence electrons. The molecule has 3 nitrogen and oxygen atoms in total. The predicted octanol–water partition coefficient (Wildman–Crippen LogP) is 2.00. The van der Waals surface area contributed by atoms with Crippen molar-refractivity contribution in [1.29, 1.82) is 0 Å². The van der Waals surface area contributed by atoms with Gasteiger partial charge in [-0.15, -0.1) is 0 Å². The summed E-state index contributed by atoms with van der Waals surface area (Å²) >= 11 is 0. The Labute approximate surface area is 106 Å². The number of likely N-dealkylation sites (N-methyl/N-ethyl adjacent to an activating group) is 1. The van der Waals surface area contributed by atoms with E-state index >= 15 is 0 Å². The second-order valence-corrected chi connectivity index (χ2v) is 5.84. The van der Waals surface area contributed by atoms with E-state index in [9.17, 15) is 0 Å². The molecule has 0 spiro atoms. The molecule has 1 saturated carbocycles. The first-order valence-corrected chi connectivity index (χ1v) is 7.27. The summed E-state index contributed by atoms with van der Waals surface area (Å²) in [6.07, 6.45) is 7.85. The zero-order valence-electron chi connectivity index (χ0n) is 11.4. The van der Waals surface area contributed by atoms with Gasteiger partial charge >= 0.3 is 0 Å². The first-order chi connectivity index (χ1) is 8.22. The molecule has 0 amide bonds. The molecule has 17 heavy (non-hydrogen) atoms. The van der Waals surface area contributed by atoms with E-state index in [4.69, 9.17) is 10.5 Å². The molecule has 2 rings (SSSR count). The van der Waals surface area contributed by atoms with Crippen LogP contribution in [0.15, 0.2) is 0 Å². The summed E-state index contributed by atoms with van der Waals surface area (Å²) in [5, 5.41) is 0. The van der Waals surface area contributed by atoms with E-state index in [0.717, 1.165) is 31.6 Å². The van der Waals surface area contributed by atoms with Crippen LogP contribution >= 0.6 is 0 Å². The Kier molecular flexibility index (Phi) is 4.83. The zero-order valence-corrected chi connectivity index (χ0v) is 11.4. The van der Waals surface area contributed by atoms with Gasteiger partial charge in [-0.3, -0.25) is 4.90 Å². The van der Waals surface area contributed by atoms with E-state index in [1.165, 1.54) is 32.1 Å². The molecule has 2 unspecified atom stereocenters. The summed E-state index contributed by atoms with van der Waals surface area (Å²) in [7, 11) is 2.25. The molecule has 2 fully saturated rings. The van der Waals surface area contributed by atoms with Crippen LogP contribution in [0.2, 0.25) is 0 Å². The third-order valence-corrected chi connectivity index (χ3v) is 4.87. The maximum absolute atomic E-state index is 6.22. The molecule has 2 aliphatic rings. The van der Waals surface area contributed by atoms with E-state index in [0.29, 0.717) is 12.1 Å². The normalized spacial score (nSPS) is 39.5.